The molecule has 1 heterocycles. The van der Waals surface area contributed by atoms with Gasteiger partial charge in [0.05, 0.1) is 36.1 Å². The molecule has 7 heteroatoms. The number of hydrogen-bond acceptors (Lipinski definition) is 6. The molecule has 31 heavy (non-hydrogen) atoms. The van der Waals surface area contributed by atoms with Crippen LogP contribution in [0.1, 0.15) is 24.0 Å². The highest BCUT2D eigenvalue weighted by atomic mass is 16.6. The Labute approximate surface area is 181 Å². The zero-order valence-electron chi connectivity index (χ0n) is 17.2. The maximum atomic E-state index is 11.1. The molecular weight excluding hydrogens is 392 g/mol. The lowest BCUT2D eigenvalue weighted by atomic mass is 10.1. The number of nitro benzene ring substituents is 1. The Kier molecular flexibility index (Phi) is 6.64. The number of para-hydroxylation sites is 1. The van der Waals surface area contributed by atoms with Crippen LogP contribution in [0.25, 0.3) is 6.08 Å². The Morgan fingerprint density at radius 3 is 2.42 bits per heavy atom. The number of rotatable bonds is 6. The third kappa shape index (κ3) is 5.13. The third-order valence-corrected chi connectivity index (χ3v) is 5.35. The summed E-state index contributed by atoms with van der Waals surface area (Å²) in [7, 11) is 0. The molecule has 0 aromatic heterocycles. The normalized spacial score (nSPS) is 18.6. The average molecular weight is 416 g/mol. The van der Waals surface area contributed by atoms with Gasteiger partial charge in [0, 0.05) is 24.9 Å². The molecule has 0 unspecified atom stereocenters. The third-order valence-electron chi connectivity index (χ3n) is 5.35. The van der Waals surface area contributed by atoms with Gasteiger partial charge < -0.3 is 9.64 Å². The van der Waals surface area contributed by atoms with Gasteiger partial charge in [-0.2, -0.15) is 10.2 Å². The van der Waals surface area contributed by atoms with E-state index in [0.717, 1.165) is 31.5 Å². The SMILES string of the molecule is O=[N+]([O-])c1ccccc1/C=N\N=C/C1=C(N2CCOCC2)C(=C/c2ccccc2)/CC1. The number of benzene rings is 2. The van der Waals surface area contributed by atoms with E-state index in [-0.39, 0.29) is 5.69 Å². The van der Waals surface area contributed by atoms with Crippen molar-refractivity contribution in [2.24, 2.45) is 10.2 Å². The van der Waals surface area contributed by atoms with E-state index in [1.54, 1.807) is 24.4 Å². The lowest BCUT2D eigenvalue weighted by molar-refractivity contribution is -0.385. The maximum absolute atomic E-state index is 11.1. The van der Waals surface area contributed by atoms with Crippen molar-refractivity contribution >= 4 is 24.2 Å². The summed E-state index contributed by atoms with van der Waals surface area (Å²) in [5.74, 6) is 0. The molecule has 2 aliphatic rings. The predicted molar refractivity (Wildman–Crippen MR) is 122 cm³/mol. The van der Waals surface area contributed by atoms with Gasteiger partial charge in [0.15, 0.2) is 0 Å². The van der Waals surface area contributed by atoms with Crippen molar-refractivity contribution in [1.29, 1.82) is 0 Å². The second-order valence-corrected chi connectivity index (χ2v) is 7.36. The molecular formula is C24H24N4O3. The minimum absolute atomic E-state index is 0.0172. The highest BCUT2D eigenvalue weighted by Crippen LogP contribution is 2.35. The largest absolute Gasteiger partial charge is 0.378 e. The van der Waals surface area contributed by atoms with Gasteiger partial charge in [-0.1, -0.05) is 42.5 Å². The Morgan fingerprint density at radius 2 is 1.65 bits per heavy atom. The van der Waals surface area contributed by atoms with E-state index in [2.05, 4.69) is 33.3 Å². The molecule has 0 bridgehead atoms. The van der Waals surface area contributed by atoms with Crippen LogP contribution in [0, 0.1) is 10.1 Å². The summed E-state index contributed by atoms with van der Waals surface area (Å²) < 4.78 is 5.53. The molecule has 0 amide bonds. The van der Waals surface area contributed by atoms with Crippen LogP contribution in [-0.2, 0) is 4.74 Å². The summed E-state index contributed by atoms with van der Waals surface area (Å²) in [6, 6.07) is 16.8. The molecule has 0 spiro atoms. The van der Waals surface area contributed by atoms with E-state index < -0.39 is 4.92 Å². The van der Waals surface area contributed by atoms with Gasteiger partial charge in [-0.3, -0.25) is 10.1 Å². The van der Waals surface area contributed by atoms with Gasteiger partial charge in [-0.15, -0.1) is 0 Å². The highest BCUT2D eigenvalue weighted by molar-refractivity contribution is 5.87. The van der Waals surface area contributed by atoms with Crippen molar-refractivity contribution in [3.63, 3.8) is 0 Å². The summed E-state index contributed by atoms with van der Waals surface area (Å²) in [5.41, 5.74) is 5.25. The zero-order chi connectivity index (χ0) is 21.5. The van der Waals surface area contributed by atoms with Gasteiger partial charge in [-0.25, -0.2) is 0 Å². The van der Waals surface area contributed by atoms with Gasteiger partial charge in [0.25, 0.3) is 5.69 Å². The molecule has 2 aromatic rings. The Morgan fingerprint density at radius 1 is 0.935 bits per heavy atom. The van der Waals surface area contributed by atoms with E-state index in [0.29, 0.717) is 18.8 Å². The van der Waals surface area contributed by atoms with Crippen LogP contribution in [-0.4, -0.2) is 48.6 Å². The quantitative estimate of drug-likeness (QED) is 0.395. The Bertz CT molecular complexity index is 1050. The van der Waals surface area contributed by atoms with Crippen LogP contribution in [0.4, 0.5) is 5.69 Å². The van der Waals surface area contributed by atoms with Crippen LogP contribution in [0.2, 0.25) is 0 Å². The molecule has 0 radical (unpaired) electrons. The van der Waals surface area contributed by atoms with E-state index >= 15 is 0 Å². The molecule has 2 aromatic carbocycles. The first kappa shape index (κ1) is 20.7. The zero-order valence-corrected chi connectivity index (χ0v) is 17.2. The topological polar surface area (TPSA) is 80.3 Å². The fraction of sp³-hybridized carbons (Fsp3) is 0.250. The van der Waals surface area contributed by atoms with Crippen molar-refractivity contribution in [3.05, 3.63) is 92.7 Å². The van der Waals surface area contributed by atoms with Crippen molar-refractivity contribution in [2.75, 3.05) is 26.3 Å². The molecule has 7 nitrogen and oxygen atoms in total. The summed E-state index contributed by atoms with van der Waals surface area (Å²) in [6.45, 7) is 3.11. The molecule has 1 aliphatic carbocycles. The maximum Gasteiger partial charge on any atom is 0.278 e. The first-order chi connectivity index (χ1) is 15.2. The lowest BCUT2D eigenvalue weighted by Gasteiger charge is -2.31. The van der Waals surface area contributed by atoms with E-state index in [1.807, 2.05) is 18.2 Å². The summed E-state index contributed by atoms with van der Waals surface area (Å²) in [6.07, 6.45) is 7.27. The number of ether oxygens (including phenoxy) is 1. The highest BCUT2D eigenvalue weighted by Gasteiger charge is 2.25. The van der Waals surface area contributed by atoms with Crippen molar-refractivity contribution in [3.8, 4) is 0 Å². The second kappa shape index (κ2) is 9.95. The fourth-order valence-electron chi connectivity index (χ4n) is 3.88. The molecule has 1 aliphatic heterocycles. The fourth-order valence-corrected chi connectivity index (χ4v) is 3.88. The van der Waals surface area contributed by atoms with Gasteiger partial charge in [0.1, 0.15) is 0 Å². The van der Waals surface area contributed by atoms with Gasteiger partial charge in [-0.05, 0) is 41.7 Å². The predicted octanol–water partition coefficient (Wildman–Crippen LogP) is 4.46. The van der Waals surface area contributed by atoms with E-state index in [1.165, 1.54) is 29.1 Å². The molecule has 0 saturated carbocycles. The first-order valence-corrected chi connectivity index (χ1v) is 10.3. The van der Waals surface area contributed by atoms with Crippen LogP contribution >= 0.6 is 0 Å². The molecule has 158 valence electrons. The number of morpholine rings is 1. The average Bonchev–Trinajstić information content (AvgIpc) is 3.20. The smallest absolute Gasteiger partial charge is 0.278 e. The van der Waals surface area contributed by atoms with Crippen LogP contribution < -0.4 is 0 Å². The van der Waals surface area contributed by atoms with Gasteiger partial charge >= 0.3 is 0 Å². The standard InChI is InChI=1S/C24H24N4O3/c29-28(30)23-9-5-4-8-21(23)17-25-26-18-22-11-10-20(16-19-6-2-1-3-7-19)24(22)27-12-14-31-15-13-27/h1-9,16-18H,10-15H2/b20-16+,25-17-,26-18-. The van der Waals surface area contributed by atoms with Crippen LogP contribution in [0.3, 0.4) is 0 Å². The van der Waals surface area contributed by atoms with Crippen LogP contribution in [0.15, 0.2) is 81.6 Å². The number of nitro groups is 1. The molecule has 4 rings (SSSR count). The minimum atomic E-state index is -0.415. The summed E-state index contributed by atoms with van der Waals surface area (Å²) in [4.78, 5) is 13.1. The van der Waals surface area contributed by atoms with E-state index in [4.69, 9.17) is 4.74 Å². The second-order valence-electron chi connectivity index (χ2n) is 7.36. The summed E-state index contributed by atoms with van der Waals surface area (Å²) in [5, 5.41) is 19.4. The molecule has 0 N–H and O–H groups in total. The number of hydrogen-bond donors (Lipinski definition) is 0. The number of nitrogens with zero attached hydrogens (tertiary/aromatic N) is 4. The Balaban J connectivity index is 1.60. The monoisotopic (exact) mass is 416 g/mol. The molecule has 1 saturated heterocycles. The molecule has 1 fully saturated rings. The lowest BCUT2D eigenvalue weighted by Crippen LogP contribution is -2.36. The number of allylic oxidation sites excluding steroid dienone is 2. The molecule has 0 atom stereocenters. The first-order valence-electron chi connectivity index (χ1n) is 10.3. The Hall–Kier alpha value is -3.58. The summed E-state index contributed by atoms with van der Waals surface area (Å²) >= 11 is 0. The van der Waals surface area contributed by atoms with Crippen molar-refractivity contribution in [1.82, 2.24) is 4.90 Å². The van der Waals surface area contributed by atoms with Crippen LogP contribution in [0.5, 0.6) is 0 Å². The van der Waals surface area contributed by atoms with Gasteiger partial charge in [0.2, 0.25) is 0 Å². The minimum Gasteiger partial charge on any atom is -0.378 e. The van der Waals surface area contributed by atoms with Crippen molar-refractivity contribution in [2.45, 2.75) is 12.8 Å². The van der Waals surface area contributed by atoms with Crippen molar-refractivity contribution < 1.29 is 9.66 Å². The van der Waals surface area contributed by atoms with E-state index in [9.17, 15) is 10.1 Å².